The van der Waals surface area contributed by atoms with Crippen LogP contribution in [0.5, 0.6) is 0 Å². The Balaban J connectivity index is 1.82. The van der Waals surface area contributed by atoms with E-state index >= 15 is 0 Å². The van der Waals surface area contributed by atoms with E-state index < -0.39 is 0 Å². The highest BCUT2D eigenvalue weighted by molar-refractivity contribution is 7.80. The Hall–Kier alpha value is -1.49. The maximum atomic E-state index is 5.12. The van der Waals surface area contributed by atoms with Crippen molar-refractivity contribution in [2.45, 2.75) is 6.42 Å². The minimum absolute atomic E-state index is 0.688. The van der Waals surface area contributed by atoms with E-state index in [9.17, 15) is 0 Å². The van der Waals surface area contributed by atoms with Gasteiger partial charge in [0.15, 0.2) is 5.11 Å². The van der Waals surface area contributed by atoms with Gasteiger partial charge in [-0.05, 0) is 30.8 Å². The van der Waals surface area contributed by atoms with Gasteiger partial charge < -0.3 is 4.90 Å². The molecule has 1 aliphatic heterocycles. The van der Waals surface area contributed by atoms with Crippen LogP contribution in [-0.4, -0.2) is 34.3 Å². The number of nitrogens with one attached hydrogen (secondary N) is 1. The molecule has 2 heterocycles. The SMILES string of the molecule is S=C(N/N=C/c1ccccn1)N1CCC1. The second-order valence-corrected chi connectivity index (χ2v) is 3.66. The lowest BCUT2D eigenvalue weighted by molar-refractivity contribution is 0.296. The van der Waals surface area contributed by atoms with Crippen molar-refractivity contribution in [3.63, 3.8) is 0 Å². The zero-order chi connectivity index (χ0) is 10.5. The smallest absolute Gasteiger partial charge is 0.189 e. The van der Waals surface area contributed by atoms with Crippen molar-refractivity contribution in [1.82, 2.24) is 15.3 Å². The molecule has 1 aromatic rings. The van der Waals surface area contributed by atoms with Crippen LogP contribution in [0.1, 0.15) is 12.1 Å². The normalized spacial score (nSPS) is 15.1. The third kappa shape index (κ3) is 2.73. The predicted molar refractivity (Wildman–Crippen MR) is 63.8 cm³/mol. The van der Waals surface area contributed by atoms with Gasteiger partial charge in [0.05, 0.1) is 11.9 Å². The third-order valence-corrected chi connectivity index (χ3v) is 2.54. The van der Waals surface area contributed by atoms with E-state index in [4.69, 9.17) is 12.2 Å². The highest BCUT2D eigenvalue weighted by atomic mass is 32.1. The standard InChI is InChI=1S/C10H12N4S/c15-10(14-6-3-7-14)13-12-8-9-4-1-2-5-11-9/h1-2,4-5,8H,3,6-7H2,(H,13,15)/b12-8+. The quantitative estimate of drug-likeness (QED) is 0.458. The molecule has 0 unspecified atom stereocenters. The van der Waals surface area contributed by atoms with Crippen LogP contribution in [0.15, 0.2) is 29.5 Å². The van der Waals surface area contributed by atoms with Crippen molar-refractivity contribution in [2.75, 3.05) is 13.1 Å². The third-order valence-electron chi connectivity index (χ3n) is 2.19. The average Bonchev–Trinajstić information content (AvgIpc) is 2.16. The van der Waals surface area contributed by atoms with Gasteiger partial charge in [0.25, 0.3) is 0 Å². The summed E-state index contributed by atoms with van der Waals surface area (Å²) in [5.74, 6) is 0. The van der Waals surface area contributed by atoms with Gasteiger partial charge in [-0.2, -0.15) is 5.10 Å². The Bertz CT molecular complexity index is 359. The van der Waals surface area contributed by atoms with Crippen LogP contribution in [0.3, 0.4) is 0 Å². The second kappa shape index (κ2) is 4.84. The first-order valence-corrected chi connectivity index (χ1v) is 5.26. The molecule has 0 saturated carbocycles. The number of aromatic nitrogens is 1. The van der Waals surface area contributed by atoms with Gasteiger partial charge in [-0.1, -0.05) is 6.07 Å². The van der Waals surface area contributed by atoms with Crippen LogP contribution in [0, 0.1) is 0 Å². The van der Waals surface area contributed by atoms with Gasteiger partial charge in [0, 0.05) is 19.3 Å². The van der Waals surface area contributed by atoms with E-state index in [0.717, 1.165) is 18.8 Å². The fraction of sp³-hybridized carbons (Fsp3) is 0.300. The molecule has 0 spiro atoms. The highest BCUT2D eigenvalue weighted by Gasteiger charge is 2.15. The molecule has 1 N–H and O–H groups in total. The van der Waals surface area contributed by atoms with Crippen molar-refractivity contribution in [2.24, 2.45) is 5.10 Å². The first-order chi connectivity index (χ1) is 7.36. The fourth-order valence-corrected chi connectivity index (χ4v) is 1.43. The molecule has 78 valence electrons. The number of likely N-dealkylation sites (tertiary alicyclic amines) is 1. The molecule has 0 amide bonds. The summed E-state index contributed by atoms with van der Waals surface area (Å²) in [6.07, 6.45) is 4.60. The van der Waals surface area contributed by atoms with Crippen LogP contribution in [-0.2, 0) is 0 Å². The van der Waals surface area contributed by atoms with Crippen molar-refractivity contribution < 1.29 is 0 Å². The lowest BCUT2D eigenvalue weighted by Gasteiger charge is -2.32. The van der Waals surface area contributed by atoms with Crippen LogP contribution < -0.4 is 5.43 Å². The number of hydrazone groups is 1. The van der Waals surface area contributed by atoms with E-state index in [1.165, 1.54) is 6.42 Å². The number of hydrogen-bond donors (Lipinski definition) is 1. The molecule has 0 atom stereocenters. The topological polar surface area (TPSA) is 40.5 Å². The Labute approximate surface area is 94.0 Å². The molecule has 1 saturated heterocycles. The summed E-state index contributed by atoms with van der Waals surface area (Å²) in [5.41, 5.74) is 3.64. The molecule has 0 aromatic carbocycles. The number of nitrogens with zero attached hydrogens (tertiary/aromatic N) is 3. The minimum Gasteiger partial charge on any atom is -0.348 e. The molecule has 4 nitrogen and oxygen atoms in total. The maximum absolute atomic E-state index is 5.12. The van der Waals surface area contributed by atoms with E-state index in [1.807, 2.05) is 18.2 Å². The lowest BCUT2D eigenvalue weighted by Crippen LogP contribution is -2.46. The van der Waals surface area contributed by atoms with Gasteiger partial charge in [-0.3, -0.25) is 10.4 Å². The van der Waals surface area contributed by atoms with Crippen LogP contribution in [0.25, 0.3) is 0 Å². The van der Waals surface area contributed by atoms with Crippen LogP contribution in [0.4, 0.5) is 0 Å². The van der Waals surface area contributed by atoms with Crippen molar-refractivity contribution in [1.29, 1.82) is 0 Å². The van der Waals surface area contributed by atoms with Crippen molar-refractivity contribution >= 4 is 23.5 Å². The molecular weight excluding hydrogens is 208 g/mol. The fourth-order valence-electron chi connectivity index (χ4n) is 1.20. The van der Waals surface area contributed by atoms with Gasteiger partial charge in [0.1, 0.15) is 0 Å². The first-order valence-electron chi connectivity index (χ1n) is 4.85. The minimum atomic E-state index is 0.688. The van der Waals surface area contributed by atoms with E-state index in [1.54, 1.807) is 12.4 Å². The average molecular weight is 220 g/mol. The molecule has 1 aliphatic rings. The maximum Gasteiger partial charge on any atom is 0.189 e. The summed E-state index contributed by atoms with van der Waals surface area (Å²) >= 11 is 5.12. The van der Waals surface area contributed by atoms with Gasteiger partial charge in [-0.25, -0.2) is 0 Å². The molecule has 15 heavy (non-hydrogen) atoms. The molecule has 0 radical (unpaired) electrons. The summed E-state index contributed by atoms with van der Waals surface area (Å²) < 4.78 is 0. The van der Waals surface area contributed by atoms with E-state index in [-0.39, 0.29) is 0 Å². The Kier molecular flexibility index (Phi) is 3.24. The van der Waals surface area contributed by atoms with Gasteiger partial charge in [-0.15, -0.1) is 0 Å². The number of pyridine rings is 1. The molecule has 1 fully saturated rings. The molecule has 0 bridgehead atoms. The van der Waals surface area contributed by atoms with Crippen molar-refractivity contribution in [3.05, 3.63) is 30.1 Å². The Morgan fingerprint density at radius 1 is 1.53 bits per heavy atom. The second-order valence-electron chi connectivity index (χ2n) is 3.27. The summed E-state index contributed by atoms with van der Waals surface area (Å²) in [6, 6.07) is 5.68. The van der Waals surface area contributed by atoms with Crippen LogP contribution >= 0.6 is 12.2 Å². The highest BCUT2D eigenvalue weighted by Crippen LogP contribution is 2.05. The molecule has 2 rings (SSSR count). The summed E-state index contributed by atoms with van der Waals surface area (Å²) in [5, 5.41) is 4.71. The van der Waals surface area contributed by atoms with E-state index in [0.29, 0.717) is 5.11 Å². The summed E-state index contributed by atoms with van der Waals surface area (Å²) in [6.45, 7) is 2.07. The first kappa shape index (κ1) is 10.0. The monoisotopic (exact) mass is 220 g/mol. The van der Waals surface area contributed by atoms with E-state index in [2.05, 4.69) is 20.4 Å². The Morgan fingerprint density at radius 3 is 3.00 bits per heavy atom. The summed E-state index contributed by atoms with van der Waals surface area (Å²) in [4.78, 5) is 6.18. The number of rotatable bonds is 2. The van der Waals surface area contributed by atoms with Gasteiger partial charge in [0.2, 0.25) is 0 Å². The predicted octanol–water partition coefficient (Wildman–Crippen LogP) is 0.996. The number of thiocarbonyl (C=S) groups is 1. The molecule has 5 heteroatoms. The largest absolute Gasteiger partial charge is 0.348 e. The number of hydrogen-bond acceptors (Lipinski definition) is 3. The zero-order valence-corrected chi connectivity index (χ0v) is 9.07. The summed E-state index contributed by atoms with van der Waals surface area (Å²) in [7, 11) is 0. The Morgan fingerprint density at radius 2 is 2.40 bits per heavy atom. The zero-order valence-electron chi connectivity index (χ0n) is 8.26. The molecule has 1 aromatic heterocycles. The van der Waals surface area contributed by atoms with Crippen LogP contribution in [0.2, 0.25) is 0 Å². The van der Waals surface area contributed by atoms with Gasteiger partial charge >= 0.3 is 0 Å². The molecular formula is C10H12N4S. The van der Waals surface area contributed by atoms with Crippen molar-refractivity contribution in [3.8, 4) is 0 Å². The molecule has 0 aliphatic carbocycles. The lowest BCUT2D eigenvalue weighted by atomic mass is 10.2.